The Morgan fingerprint density at radius 3 is 2.40 bits per heavy atom. The van der Waals surface area contributed by atoms with Crippen molar-refractivity contribution in [1.82, 2.24) is 0 Å². The number of halogens is 1. The molecule has 0 unspecified atom stereocenters. The minimum atomic E-state index is 0.282. The summed E-state index contributed by atoms with van der Waals surface area (Å²) in [4.78, 5) is 0. The molecule has 3 heteroatoms. The van der Waals surface area contributed by atoms with Crippen molar-refractivity contribution in [2.75, 3.05) is 5.33 Å². The Kier molecular flexibility index (Phi) is 2.17. The van der Waals surface area contributed by atoms with Crippen LogP contribution in [-0.2, 0) is 0 Å². The van der Waals surface area contributed by atoms with Crippen molar-refractivity contribution in [2.45, 2.75) is 0 Å². The lowest BCUT2D eigenvalue weighted by Gasteiger charge is -2.04. The van der Waals surface area contributed by atoms with Crippen LogP contribution in [0.2, 0.25) is 0 Å². The van der Waals surface area contributed by atoms with Gasteiger partial charge in [0.05, 0.1) is 11.4 Å². The molecule has 0 saturated heterocycles. The van der Waals surface area contributed by atoms with E-state index < -0.39 is 0 Å². The van der Waals surface area contributed by atoms with E-state index in [9.17, 15) is 0 Å². The second-order valence-corrected chi connectivity index (χ2v) is 2.57. The molecule has 2 N–H and O–H groups in total. The van der Waals surface area contributed by atoms with Crippen molar-refractivity contribution in [3.05, 3.63) is 23.8 Å². The number of allylic oxidation sites excluding steroid dienone is 4. The van der Waals surface area contributed by atoms with E-state index in [0.717, 1.165) is 10.9 Å². The van der Waals surface area contributed by atoms with E-state index >= 15 is 0 Å². The van der Waals surface area contributed by atoms with Crippen LogP contribution in [0.4, 0.5) is 0 Å². The Hall–Kier alpha value is -0.700. The molecule has 0 radical (unpaired) electrons. The average molecular weight is 199 g/mol. The zero-order valence-corrected chi connectivity index (χ0v) is 6.90. The maximum Gasteiger partial charge on any atom is 0.0792 e. The Morgan fingerprint density at radius 1 is 1.20 bits per heavy atom. The van der Waals surface area contributed by atoms with Crippen molar-refractivity contribution in [2.24, 2.45) is 0 Å². The fraction of sp³-hybridized carbons (Fsp3) is 0.143. The minimum absolute atomic E-state index is 0.282. The third kappa shape index (κ3) is 1.42. The fourth-order valence-corrected chi connectivity index (χ4v) is 1.02. The first-order valence-electron chi connectivity index (χ1n) is 2.86. The molecule has 1 aliphatic carbocycles. The normalized spacial score (nSPS) is 17.5. The predicted octanol–water partition coefficient (Wildman–Crippen LogP) is 1.92. The van der Waals surface area contributed by atoms with Crippen LogP contribution in [0.1, 0.15) is 0 Å². The maximum atomic E-state index is 7.26. The van der Waals surface area contributed by atoms with Crippen LogP contribution in [0.5, 0.6) is 0 Å². The minimum Gasteiger partial charge on any atom is -0.299 e. The quantitative estimate of drug-likeness (QED) is 0.478. The van der Waals surface area contributed by atoms with E-state index in [0.29, 0.717) is 0 Å². The molecule has 0 atom stereocenters. The number of alkyl halides is 1. The first-order valence-corrected chi connectivity index (χ1v) is 3.98. The van der Waals surface area contributed by atoms with Crippen LogP contribution in [0.3, 0.4) is 0 Å². The van der Waals surface area contributed by atoms with Crippen molar-refractivity contribution >= 4 is 27.4 Å². The third-order valence-electron chi connectivity index (χ3n) is 1.24. The molecule has 10 heavy (non-hydrogen) atoms. The molecule has 0 fully saturated rings. The molecule has 0 aromatic carbocycles. The molecule has 52 valence electrons. The lowest BCUT2D eigenvalue weighted by atomic mass is 10.1. The van der Waals surface area contributed by atoms with Crippen LogP contribution < -0.4 is 0 Å². The summed E-state index contributed by atoms with van der Waals surface area (Å²) in [6.07, 6.45) is 5.17. The summed E-state index contributed by atoms with van der Waals surface area (Å²) in [6, 6.07) is 0. The van der Waals surface area contributed by atoms with E-state index in [1.807, 2.05) is 6.08 Å². The Labute approximate surface area is 67.8 Å². The first-order chi connectivity index (χ1) is 4.74. The van der Waals surface area contributed by atoms with Gasteiger partial charge in [0.15, 0.2) is 0 Å². The van der Waals surface area contributed by atoms with Gasteiger partial charge in [-0.3, -0.25) is 10.8 Å². The van der Waals surface area contributed by atoms with E-state index in [1.54, 1.807) is 12.2 Å². The molecule has 0 aromatic rings. The van der Waals surface area contributed by atoms with Gasteiger partial charge in [-0.15, -0.1) is 0 Å². The van der Waals surface area contributed by atoms with Crippen molar-refractivity contribution in [3.8, 4) is 0 Å². The van der Waals surface area contributed by atoms with Crippen molar-refractivity contribution < 1.29 is 0 Å². The third-order valence-corrected chi connectivity index (χ3v) is 1.89. The molecule has 0 amide bonds. The predicted molar refractivity (Wildman–Crippen MR) is 46.5 cm³/mol. The SMILES string of the molecule is N=C1C=CC(CBr)=CC1=N. The Morgan fingerprint density at radius 2 is 1.90 bits per heavy atom. The Bertz CT molecular complexity index is 238. The van der Waals surface area contributed by atoms with E-state index in [2.05, 4.69) is 15.9 Å². The number of rotatable bonds is 1. The summed E-state index contributed by atoms with van der Waals surface area (Å²) in [5.41, 5.74) is 1.61. The summed E-state index contributed by atoms with van der Waals surface area (Å²) in [5, 5.41) is 15.2. The standard InChI is InChI=1S/C7H7BrN2/c8-4-5-1-2-6(9)7(10)3-5/h1-3,9-10H,4H2. The maximum absolute atomic E-state index is 7.26. The van der Waals surface area contributed by atoms with Gasteiger partial charge in [0.1, 0.15) is 0 Å². The van der Waals surface area contributed by atoms with Crippen LogP contribution in [0.15, 0.2) is 23.8 Å². The average Bonchev–Trinajstić information content (AvgIpc) is 1.95. The summed E-state index contributed by atoms with van der Waals surface area (Å²) < 4.78 is 0. The molecule has 0 spiro atoms. The topological polar surface area (TPSA) is 47.7 Å². The highest BCUT2D eigenvalue weighted by Crippen LogP contribution is 2.07. The van der Waals surface area contributed by atoms with Gasteiger partial charge < -0.3 is 0 Å². The van der Waals surface area contributed by atoms with Crippen LogP contribution >= 0.6 is 15.9 Å². The molecule has 0 saturated carbocycles. The van der Waals surface area contributed by atoms with Gasteiger partial charge in [-0.2, -0.15) is 0 Å². The van der Waals surface area contributed by atoms with Gasteiger partial charge in [-0.25, -0.2) is 0 Å². The lowest BCUT2D eigenvalue weighted by Crippen LogP contribution is -2.10. The molecule has 1 rings (SSSR count). The first kappa shape index (κ1) is 7.41. The Balaban J connectivity index is 2.86. The summed E-state index contributed by atoms with van der Waals surface area (Å²) in [7, 11) is 0. The highest BCUT2D eigenvalue weighted by atomic mass is 79.9. The van der Waals surface area contributed by atoms with Gasteiger partial charge in [0, 0.05) is 5.33 Å². The van der Waals surface area contributed by atoms with E-state index in [1.165, 1.54) is 0 Å². The summed E-state index contributed by atoms with van der Waals surface area (Å²) in [6.45, 7) is 0. The number of hydrogen-bond donors (Lipinski definition) is 2. The van der Waals surface area contributed by atoms with E-state index in [4.69, 9.17) is 10.8 Å². The summed E-state index contributed by atoms with van der Waals surface area (Å²) in [5.74, 6) is 0. The monoisotopic (exact) mass is 198 g/mol. The van der Waals surface area contributed by atoms with Crippen LogP contribution in [0, 0.1) is 10.8 Å². The van der Waals surface area contributed by atoms with Gasteiger partial charge in [-0.1, -0.05) is 22.0 Å². The second kappa shape index (κ2) is 2.92. The second-order valence-electron chi connectivity index (χ2n) is 2.01. The molecule has 0 heterocycles. The molecular weight excluding hydrogens is 192 g/mol. The molecule has 0 bridgehead atoms. The van der Waals surface area contributed by atoms with Crippen LogP contribution in [0.25, 0.3) is 0 Å². The molecule has 0 aliphatic heterocycles. The van der Waals surface area contributed by atoms with E-state index in [-0.39, 0.29) is 11.4 Å². The number of hydrogen-bond acceptors (Lipinski definition) is 2. The van der Waals surface area contributed by atoms with Crippen LogP contribution in [-0.4, -0.2) is 16.8 Å². The molecule has 2 nitrogen and oxygen atoms in total. The number of nitrogens with one attached hydrogen (secondary N) is 2. The smallest absolute Gasteiger partial charge is 0.0792 e. The highest BCUT2D eigenvalue weighted by Gasteiger charge is 2.04. The highest BCUT2D eigenvalue weighted by molar-refractivity contribution is 9.09. The van der Waals surface area contributed by atoms with Crippen molar-refractivity contribution in [1.29, 1.82) is 10.8 Å². The fourth-order valence-electron chi connectivity index (χ4n) is 0.675. The molecule has 0 aromatic heterocycles. The zero-order chi connectivity index (χ0) is 7.56. The molecular formula is C7H7BrN2. The summed E-state index contributed by atoms with van der Waals surface area (Å²) >= 11 is 3.27. The van der Waals surface area contributed by atoms with Gasteiger partial charge in [-0.05, 0) is 17.7 Å². The lowest BCUT2D eigenvalue weighted by molar-refractivity contribution is 1.46. The van der Waals surface area contributed by atoms with Gasteiger partial charge in [0.2, 0.25) is 0 Å². The zero-order valence-electron chi connectivity index (χ0n) is 5.32. The van der Waals surface area contributed by atoms with Crippen molar-refractivity contribution in [3.63, 3.8) is 0 Å². The van der Waals surface area contributed by atoms with Gasteiger partial charge >= 0.3 is 0 Å². The molecule has 1 aliphatic rings. The largest absolute Gasteiger partial charge is 0.299 e. The van der Waals surface area contributed by atoms with Gasteiger partial charge in [0.25, 0.3) is 0 Å².